The van der Waals surface area contributed by atoms with Gasteiger partial charge in [0.25, 0.3) is 0 Å². The van der Waals surface area contributed by atoms with E-state index < -0.39 is 12.0 Å². The zero-order chi connectivity index (χ0) is 12.3. The molecular weight excluding hydrogens is 214 g/mol. The summed E-state index contributed by atoms with van der Waals surface area (Å²) in [7, 11) is 0. The molecule has 17 heavy (non-hydrogen) atoms. The van der Waals surface area contributed by atoms with Crippen LogP contribution in [0.15, 0.2) is 30.3 Å². The van der Waals surface area contributed by atoms with E-state index in [1.165, 1.54) is 6.42 Å². The smallest absolute Gasteiger partial charge is 0.154 e. The Morgan fingerprint density at radius 2 is 2.06 bits per heavy atom. The van der Waals surface area contributed by atoms with Crippen molar-refractivity contribution in [2.45, 2.75) is 38.3 Å². The normalized spacial score (nSPS) is 26.4. The summed E-state index contributed by atoms with van der Waals surface area (Å²) in [6, 6.07) is 9.32. The molecule has 2 rings (SSSR count). The second kappa shape index (κ2) is 5.32. The quantitative estimate of drug-likeness (QED) is 0.794. The molecule has 1 saturated heterocycles. The van der Waals surface area contributed by atoms with Crippen LogP contribution in [0.25, 0.3) is 0 Å². The van der Waals surface area contributed by atoms with Gasteiger partial charge >= 0.3 is 0 Å². The molecule has 1 aromatic carbocycles. The molecule has 1 heterocycles. The third kappa shape index (κ3) is 2.67. The maximum atomic E-state index is 11.4. The van der Waals surface area contributed by atoms with Crippen molar-refractivity contribution >= 4 is 5.97 Å². The van der Waals surface area contributed by atoms with Crippen molar-refractivity contribution in [1.29, 1.82) is 0 Å². The van der Waals surface area contributed by atoms with Gasteiger partial charge in [0.05, 0.1) is 12.6 Å². The highest BCUT2D eigenvalue weighted by Crippen LogP contribution is 2.12. The van der Waals surface area contributed by atoms with Crippen LogP contribution in [-0.2, 0) is 4.79 Å². The van der Waals surface area contributed by atoms with E-state index in [4.69, 9.17) is 0 Å². The minimum absolute atomic E-state index is 0.395. The molecule has 0 aromatic heterocycles. The van der Waals surface area contributed by atoms with E-state index in [-0.39, 0.29) is 0 Å². The van der Waals surface area contributed by atoms with Crippen LogP contribution in [-0.4, -0.2) is 18.6 Å². The van der Waals surface area contributed by atoms with Gasteiger partial charge in [-0.2, -0.15) is 0 Å². The van der Waals surface area contributed by atoms with Crippen LogP contribution in [0.5, 0.6) is 0 Å². The van der Waals surface area contributed by atoms with Gasteiger partial charge in [-0.25, -0.2) is 0 Å². The highest BCUT2D eigenvalue weighted by atomic mass is 16.4. The number of aliphatic carboxylic acids is 1. The molecule has 1 aliphatic rings. The van der Waals surface area contributed by atoms with E-state index in [9.17, 15) is 9.90 Å². The lowest BCUT2D eigenvalue weighted by Crippen LogP contribution is -3.17. The Bertz CT molecular complexity index is 377. The number of carboxylic acid groups (broad SMARTS) is 1. The highest BCUT2D eigenvalue weighted by Gasteiger charge is 2.31. The molecule has 0 saturated carbocycles. The lowest BCUT2D eigenvalue weighted by Gasteiger charge is -2.37. The van der Waals surface area contributed by atoms with Crippen LogP contribution in [0, 0.1) is 0 Å². The summed E-state index contributed by atoms with van der Waals surface area (Å²) < 4.78 is 0. The van der Waals surface area contributed by atoms with Crippen LogP contribution < -0.4 is 10.0 Å². The van der Waals surface area contributed by atoms with Gasteiger partial charge < -0.3 is 14.8 Å². The van der Waals surface area contributed by atoms with Crippen molar-refractivity contribution in [2.75, 3.05) is 6.54 Å². The number of carboxylic acids is 1. The van der Waals surface area contributed by atoms with Crippen LogP contribution in [0.4, 0.5) is 0 Å². The number of benzene rings is 1. The van der Waals surface area contributed by atoms with Gasteiger partial charge in [-0.05, 0) is 26.2 Å². The molecule has 0 bridgehead atoms. The first-order chi connectivity index (χ1) is 8.20. The number of nitrogens with one attached hydrogen (secondary N) is 1. The van der Waals surface area contributed by atoms with E-state index in [1.54, 1.807) is 0 Å². The van der Waals surface area contributed by atoms with Crippen LogP contribution >= 0.6 is 0 Å². The first-order valence-electron chi connectivity index (χ1n) is 6.31. The van der Waals surface area contributed by atoms with Crippen molar-refractivity contribution in [1.82, 2.24) is 0 Å². The van der Waals surface area contributed by atoms with E-state index in [0.29, 0.717) is 6.04 Å². The summed E-state index contributed by atoms with van der Waals surface area (Å²) in [5, 5.41) is 11.4. The Morgan fingerprint density at radius 3 is 2.65 bits per heavy atom. The summed E-state index contributed by atoms with van der Waals surface area (Å²) in [5.74, 6) is -0.958. The van der Waals surface area contributed by atoms with E-state index >= 15 is 0 Å². The van der Waals surface area contributed by atoms with Crippen LogP contribution in [0.2, 0.25) is 0 Å². The standard InChI is InChI=1S/C14H19NO2/c1-11-7-5-6-10-15(11)13(14(16)17)12-8-3-2-4-9-12/h2-4,8-9,11,13H,5-7,10H2,1H3,(H,16,17)/t11-,13-/m0/s1. The van der Waals surface area contributed by atoms with Crippen molar-refractivity contribution in [3.05, 3.63) is 35.9 Å². The zero-order valence-electron chi connectivity index (χ0n) is 10.2. The SMILES string of the molecule is C[C@H]1CCCC[NH+]1[C@H](C(=O)[O-])c1ccccc1. The molecule has 3 atom stereocenters. The van der Waals surface area contributed by atoms with E-state index in [1.807, 2.05) is 30.3 Å². The number of hydrogen-bond acceptors (Lipinski definition) is 2. The fourth-order valence-corrected chi connectivity index (χ4v) is 2.79. The Labute approximate surface area is 102 Å². The minimum Gasteiger partial charge on any atom is -0.544 e. The Morgan fingerprint density at radius 1 is 1.35 bits per heavy atom. The Balaban J connectivity index is 2.26. The molecule has 1 N–H and O–H groups in total. The number of rotatable bonds is 3. The number of quaternary nitrogens is 1. The first-order valence-corrected chi connectivity index (χ1v) is 6.31. The predicted molar refractivity (Wildman–Crippen MR) is 63.3 cm³/mol. The van der Waals surface area contributed by atoms with Crippen LogP contribution in [0.3, 0.4) is 0 Å². The van der Waals surface area contributed by atoms with E-state index in [2.05, 4.69) is 6.92 Å². The molecule has 0 radical (unpaired) electrons. The van der Waals surface area contributed by atoms with Gasteiger partial charge in [-0.3, -0.25) is 0 Å². The highest BCUT2D eigenvalue weighted by molar-refractivity contribution is 5.71. The third-order valence-electron chi connectivity index (χ3n) is 3.72. The zero-order valence-corrected chi connectivity index (χ0v) is 10.2. The third-order valence-corrected chi connectivity index (χ3v) is 3.72. The molecule has 0 amide bonds. The maximum Gasteiger partial charge on any atom is 0.154 e. The summed E-state index contributed by atoms with van der Waals surface area (Å²) in [4.78, 5) is 12.6. The first kappa shape index (κ1) is 12.1. The molecular formula is C14H19NO2. The second-order valence-electron chi connectivity index (χ2n) is 4.88. The molecule has 1 aromatic rings. The summed E-state index contributed by atoms with van der Waals surface area (Å²) in [5.41, 5.74) is 0.858. The number of carbonyl (C=O) groups excluding carboxylic acids is 1. The molecule has 3 nitrogen and oxygen atoms in total. The predicted octanol–water partition coefficient (Wildman–Crippen LogP) is -0.0651. The summed E-state index contributed by atoms with van der Waals surface area (Å²) in [6.07, 6.45) is 3.42. The minimum atomic E-state index is -0.958. The molecule has 0 spiro atoms. The second-order valence-corrected chi connectivity index (χ2v) is 4.88. The van der Waals surface area contributed by atoms with Gasteiger partial charge in [-0.1, -0.05) is 30.3 Å². The van der Waals surface area contributed by atoms with Gasteiger partial charge in [0.15, 0.2) is 6.04 Å². The summed E-state index contributed by atoms with van der Waals surface area (Å²) >= 11 is 0. The number of piperidine rings is 1. The lowest BCUT2D eigenvalue weighted by atomic mass is 9.97. The van der Waals surface area contributed by atoms with Crippen LogP contribution in [0.1, 0.15) is 37.8 Å². The largest absolute Gasteiger partial charge is 0.544 e. The topological polar surface area (TPSA) is 44.6 Å². The van der Waals surface area contributed by atoms with E-state index in [0.717, 1.165) is 29.8 Å². The number of carbonyl (C=O) groups is 1. The maximum absolute atomic E-state index is 11.4. The Kier molecular flexibility index (Phi) is 3.79. The average Bonchev–Trinajstić information content (AvgIpc) is 2.33. The van der Waals surface area contributed by atoms with Gasteiger partial charge in [0, 0.05) is 5.56 Å². The monoisotopic (exact) mass is 233 g/mol. The molecule has 92 valence electrons. The molecule has 1 aliphatic heterocycles. The molecule has 1 unspecified atom stereocenters. The van der Waals surface area contributed by atoms with Gasteiger partial charge in [0.1, 0.15) is 5.97 Å². The number of likely N-dealkylation sites (tertiary alicyclic amines) is 1. The molecule has 3 heteroatoms. The molecule has 1 fully saturated rings. The lowest BCUT2D eigenvalue weighted by molar-refractivity contribution is -0.952. The van der Waals surface area contributed by atoms with Crippen molar-refractivity contribution in [2.24, 2.45) is 0 Å². The van der Waals surface area contributed by atoms with Crippen molar-refractivity contribution in [3.8, 4) is 0 Å². The molecule has 0 aliphatic carbocycles. The van der Waals surface area contributed by atoms with Crippen molar-refractivity contribution < 1.29 is 14.8 Å². The average molecular weight is 233 g/mol. The summed E-state index contributed by atoms with van der Waals surface area (Å²) in [6.45, 7) is 3.06. The van der Waals surface area contributed by atoms with Gasteiger partial charge in [-0.15, -0.1) is 0 Å². The van der Waals surface area contributed by atoms with Crippen molar-refractivity contribution in [3.63, 3.8) is 0 Å². The Hall–Kier alpha value is -1.35. The fourth-order valence-electron chi connectivity index (χ4n) is 2.79. The fraction of sp³-hybridized carbons (Fsp3) is 0.500. The van der Waals surface area contributed by atoms with Gasteiger partial charge in [0.2, 0.25) is 0 Å². The number of hydrogen-bond donors (Lipinski definition) is 1.